The summed E-state index contributed by atoms with van der Waals surface area (Å²) >= 11 is 0. The molecule has 2 aromatic rings. The summed E-state index contributed by atoms with van der Waals surface area (Å²) in [6.45, 7) is 1.14. The molecule has 1 aromatic carbocycles. The van der Waals surface area contributed by atoms with Crippen LogP contribution in [-0.2, 0) is 11.2 Å². The molecule has 2 fully saturated rings. The van der Waals surface area contributed by atoms with Crippen molar-refractivity contribution in [1.29, 1.82) is 0 Å². The van der Waals surface area contributed by atoms with E-state index in [-0.39, 0.29) is 23.7 Å². The van der Waals surface area contributed by atoms with Crippen LogP contribution >= 0.6 is 0 Å². The topological polar surface area (TPSA) is 68.5 Å². The SMILES string of the molecule is O=C(C1CCCC1)N1CCCC1c1nc(CCOc2ccc(F)cc2)no1. The summed E-state index contributed by atoms with van der Waals surface area (Å²) in [5.74, 6) is 1.80. The first-order valence-electron chi connectivity index (χ1n) is 9.72. The van der Waals surface area contributed by atoms with Gasteiger partial charge >= 0.3 is 0 Å². The molecule has 4 rings (SSSR count). The van der Waals surface area contributed by atoms with Crippen molar-refractivity contribution in [3.63, 3.8) is 0 Å². The average molecular weight is 373 g/mol. The van der Waals surface area contributed by atoms with Crippen molar-refractivity contribution in [3.8, 4) is 5.75 Å². The van der Waals surface area contributed by atoms with Crippen molar-refractivity contribution in [2.45, 2.75) is 51.0 Å². The van der Waals surface area contributed by atoms with E-state index in [2.05, 4.69) is 10.1 Å². The Morgan fingerprint density at radius 1 is 1.19 bits per heavy atom. The van der Waals surface area contributed by atoms with Crippen LogP contribution in [-0.4, -0.2) is 34.1 Å². The molecule has 1 aliphatic heterocycles. The van der Waals surface area contributed by atoms with Gasteiger partial charge in [0.25, 0.3) is 0 Å². The number of aromatic nitrogens is 2. The zero-order valence-electron chi connectivity index (χ0n) is 15.3. The zero-order valence-corrected chi connectivity index (χ0v) is 15.3. The molecular weight excluding hydrogens is 349 g/mol. The summed E-state index contributed by atoms with van der Waals surface area (Å²) in [4.78, 5) is 19.2. The molecular formula is C20H24FN3O3. The van der Waals surface area contributed by atoms with Crippen molar-refractivity contribution >= 4 is 5.91 Å². The molecule has 7 heteroatoms. The molecule has 0 N–H and O–H groups in total. The number of carbonyl (C=O) groups excluding carboxylic acids is 1. The monoisotopic (exact) mass is 373 g/mol. The summed E-state index contributed by atoms with van der Waals surface area (Å²) in [7, 11) is 0. The van der Waals surface area contributed by atoms with Gasteiger partial charge in [-0.15, -0.1) is 0 Å². The van der Waals surface area contributed by atoms with E-state index < -0.39 is 0 Å². The van der Waals surface area contributed by atoms with Crippen LogP contribution < -0.4 is 4.74 Å². The highest BCUT2D eigenvalue weighted by atomic mass is 19.1. The number of hydrogen-bond donors (Lipinski definition) is 0. The standard InChI is InChI=1S/C20H24FN3O3/c21-15-7-9-16(10-8-15)26-13-11-18-22-19(27-23-18)17-6-3-12-24(17)20(25)14-4-1-2-5-14/h7-10,14,17H,1-6,11-13H2. The summed E-state index contributed by atoms with van der Waals surface area (Å²) in [5, 5.41) is 4.03. The van der Waals surface area contributed by atoms with Crippen LogP contribution in [0.15, 0.2) is 28.8 Å². The highest BCUT2D eigenvalue weighted by molar-refractivity contribution is 5.79. The second-order valence-corrected chi connectivity index (χ2v) is 7.27. The first-order chi connectivity index (χ1) is 13.2. The fourth-order valence-corrected chi connectivity index (χ4v) is 3.99. The van der Waals surface area contributed by atoms with Gasteiger partial charge in [0, 0.05) is 18.9 Å². The van der Waals surface area contributed by atoms with E-state index in [9.17, 15) is 9.18 Å². The number of nitrogens with zero attached hydrogens (tertiary/aromatic N) is 3. The van der Waals surface area contributed by atoms with E-state index in [1.54, 1.807) is 12.1 Å². The zero-order chi connectivity index (χ0) is 18.6. The predicted octanol–water partition coefficient (Wildman–Crippen LogP) is 3.68. The van der Waals surface area contributed by atoms with Gasteiger partial charge in [-0.05, 0) is 49.9 Å². The molecule has 27 heavy (non-hydrogen) atoms. The highest BCUT2D eigenvalue weighted by Crippen LogP contribution is 2.35. The fraction of sp³-hybridized carbons (Fsp3) is 0.550. The second-order valence-electron chi connectivity index (χ2n) is 7.27. The lowest BCUT2D eigenvalue weighted by Gasteiger charge is -2.24. The van der Waals surface area contributed by atoms with E-state index in [1.165, 1.54) is 12.1 Å². The van der Waals surface area contributed by atoms with E-state index in [0.717, 1.165) is 45.1 Å². The van der Waals surface area contributed by atoms with Gasteiger partial charge in [-0.25, -0.2) is 4.39 Å². The van der Waals surface area contributed by atoms with Gasteiger partial charge in [0.2, 0.25) is 11.8 Å². The van der Waals surface area contributed by atoms with Crippen LogP contribution in [0.2, 0.25) is 0 Å². The van der Waals surface area contributed by atoms with Crippen molar-refractivity contribution < 1.29 is 18.4 Å². The van der Waals surface area contributed by atoms with Crippen molar-refractivity contribution in [2.24, 2.45) is 5.92 Å². The maximum Gasteiger partial charge on any atom is 0.249 e. The quantitative estimate of drug-likeness (QED) is 0.773. The second kappa shape index (κ2) is 8.06. The lowest BCUT2D eigenvalue weighted by molar-refractivity contribution is -0.136. The van der Waals surface area contributed by atoms with E-state index in [1.807, 2.05) is 4.90 Å². The minimum Gasteiger partial charge on any atom is -0.493 e. The summed E-state index contributed by atoms with van der Waals surface area (Å²) in [5.41, 5.74) is 0. The van der Waals surface area contributed by atoms with E-state index in [4.69, 9.17) is 9.26 Å². The summed E-state index contributed by atoms with van der Waals surface area (Å²) in [6, 6.07) is 5.79. The highest BCUT2D eigenvalue weighted by Gasteiger charge is 2.37. The number of hydrogen-bond acceptors (Lipinski definition) is 5. The Kier molecular flexibility index (Phi) is 5.36. The van der Waals surface area contributed by atoms with Gasteiger partial charge in [-0.2, -0.15) is 4.98 Å². The molecule has 144 valence electrons. The Hall–Kier alpha value is -2.44. The van der Waals surface area contributed by atoms with Gasteiger partial charge in [0.1, 0.15) is 17.6 Å². The van der Waals surface area contributed by atoms with Crippen LogP contribution in [0.5, 0.6) is 5.75 Å². The third-order valence-electron chi connectivity index (χ3n) is 5.42. The summed E-state index contributed by atoms with van der Waals surface area (Å²) < 4.78 is 23.9. The molecule has 0 radical (unpaired) electrons. The number of carbonyl (C=O) groups is 1. The Bertz CT molecular complexity index is 771. The molecule has 0 spiro atoms. The number of benzene rings is 1. The minimum absolute atomic E-state index is 0.0997. The van der Waals surface area contributed by atoms with Gasteiger partial charge in [-0.1, -0.05) is 18.0 Å². The summed E-state index contributed by atoms with van der Waals surface area (Å²) in [6.07, 6.45) is 6.61. The average Bonchev–Trinajstić information content (AvgIpc) is 3.43. The van der Waals surface area contributed by atoms with Crippen LogP contribution in [0, 0.1) is 11.7 Å². The number of likely N-dealkylation sites (tertiary alicyclic amines) is 1. The number of halogens is 1. The molecule has 6 nitrogen and oxygen atoms in total. The Balaban J connectivity index is 1.33. The van der Waals surface area contributed by atoms with Crippen molar-refractivity contribution in [2.75, 3.05) is 13.2 Å². The van der Waals surface area contributed by atoms with Gasteiger partial charge < -0.3 is 14.2 Å². The molecule has 1 unspecified atom stereocenters. The maximum atomic E-state index is 12.9. The molecule has 0 bridgehead atoms. The smallest absolute Gasteiger partial charge is 0.249 e. The molecule has 1 aliphatic carbocycles. The van der Waals surface area contributed by atoms with Gasteiger partial charge in [0.05, 0.1) is 6.61 Å². The van der Waals surface area contributed by atoms with E-state index in [0.29, 0.717) is 30.5 Å². The van der Waals surface area contributed by atoms with Crippen molar-refractivity contribution in [3.05, 3.63) is 41.8 Å². The Morgan fingerprint density at radius 2 is 1.96 bits per heavy atom. The van der Waals surface area contributed by atoms with Gasteiger partial charge in [-0.3, -0.25) is 4.79 Å². The molecule has 1 saturated carbocycles. The van der Waals surface area contributed by atoms with Crippen LogP contribution in [0.4, 0.5) is 4.39 Å². The number of ether oxygens (including phenoxy) is 1. The molecule has 1 aromatic heterocycles. The molecule has 1 atom stereocenters. The Morgan fingerprint density at radius 3 is 2.74 bits per heavy atom. The number of amides is 1. The van der Waals surface area contributed by atoms with Crippen molar-refractivity contribution in [1.82, 2.24) is 15.0 Å². The van der Waals surface area contributed by atoms with E-state index >= 15 is 0 Å². The first kappa shape index (κ1) is 17.9. The first-order valence-corrected chi connectivity index (χ1v) is 9.72. The Labute approximate surface area is 157 Å². The van der Waals surface area contributed by atoms with Crippen LogP contribution in [0.3, 0.4) is 0 Å². The van der Waals surface area contributed by atoms with Crippen LogP contribution in [0.1, 0.15) is 56.3 Å². The minimum atomic E-state index is -0.293. The maximum absolute atomic E-state index is 12.9. The van der Waals surface area contributed by atoms with Crippen LogP contribution in [0.25, 0.3) is 0 Å². The molecule has 2 heterocycles. The normalized spacial score (nSPS) is 20.3. The fourth-order valence-electron chi connectivity index (χ4n) is 3.99. The largest absolute Gasteiger partial charge is 0.493 e. The molecule has 1 amide bonds. The molecule has 1 saturated heterocycles. The molecule has 2 aliphatic rings. The predicted molar refractivity (Wildman–Crippen MR) is 95.5 cm³/mol. The lowest BCUT2D eigenvalue weighted by Crippen LogP contribution is -2.35. The number of rotatable bonds is 6. The third kappa shape index (κ3) is 4.12. The third-order valence-corrected chi connectivity index (χ3v) is 5.42. The lowest BCUT2D eigenvalue weighted by atomic mass is 10.1. The van der Waals surface area contributed by atoms with Gasteiger partial charge in [0.15, 0.2) is 5.82 Å².